The molecule has 60 valence electrons. The molecule has 12 heavy (non-hydrogen) atoms. The Balaban J connectivity index is 2.53. The summed E-state index contributed by atoms with van der Waals surface area (Å²) in [5.74, 6) is 0. The largest absolute Gasteiger partial charge is 0.296 e. The number of nitrogens with zero attached hydrogens (tertiary/aromatic N) is 2. The highest BCUT2D eigenvalue weighted by Crippen LogP contribution is 2.14. The van der Waals surface area contributed by atoms with Crippen LogP contribution >= 0.6 is 11.3 Å². The fraction of sp³-hybridized carbons (Fsp3) is 0. The molecule has 0 unspecified atom stereocenters. The number of aldehydes is 1. The van der Waals surface area contributed by atoms with Crippen LogP contribution in [-0.2, 0) is 0 Å². The third-order valence-corrected chi connectivity index (χ3v) is 2.35. The van der Waals surface area contributed by atoms with Crippen LogP contribution in [0.25, 0.3) is 5.00 Å². The third kappa shape index (κ3) is 1.06. The van der Waals surface area contributed by atoms with Crippen molar-refractivity contribution in [3.05, 3.63) is 35.5 Å². The molecule has 0 aliphatic heterocycles. The van der Waals surface area contributed by atoms with Gasteiger partial charge in [0.25, 0.3) is 0 Å². The van der Waals surface area contributed by atoms with E-state index in [4.69, 9.17) is 0 Å². The predicted molar refractivity (Wildman–Crippen MR) is 46.8 cm³/mol. The monoisotopic (exact) mass is 178 g/mol. The van der Waals surface area contributed by atoms with Crippen LogP contribution in [0.4, 0.5) is 0 Å². The molecule has 0 N–H and O–H groups in total. The molecule has 0 amide bonds. The molecule has 0 bridgehead atoms. The average Bonchev–Trinajstić information content (AvgIpc) is 2.74. The highest BCUT2D eigenvalue weighted by atomic mass is 32.1. The first-order valence-corrected chi connectivity index (χ1v) is 4.33. The van der Waals surface area contributed by atoms with Crippen molar-refractivity contribution in [1.82, 2.24) is 9.78 Å². The minimum Gasteiger partial charge on any atom is -0.296 e. The van der Waals surface area contributed by atoms with Crippen LogP contribution < -0.4 is 0 Å². The predicted octanol–water partition coefficient (Wildman–Crippen LogP) is 1.75. The van der Waals surface area contributed by atoms with E-state index in [0.717, 1.165) is 11.3 Å². The number of rotatable bonds is 2. The minimum atomic E-state index is 0.581. The number of aromatic nitrogens is 2. The third-order valence-electron chi connectivity index (χ3n) is 1.51. The van der Waals surface area contributed by atoms with Crippen LogP contribution in [0, 0.1) is 0 Å². The van der Waals surface area contributed by atoms with Crippen molar-refractivity contribution >= 4 is 17.6 Å². The highest BCUT2D eigenvalue weighted by Gasteiger charge is 2.02. The quantitative estimate of drug-likeness (QED) is 0.656. The van der Waals surface area contributed by atoms with Gasteiger partial charge < -0.3 is 0 Å². The van der Waals surface area contributed by atoms with Crippen molar-refractivity contribution in [1.29, 1.82) is 0 Å². The molecule has 2 rings (SSSR count). The Hall–Kier alpha value is -1.42. The summed E-state index contributed by atoms with van der Waals surface area (Å²) in [6, 6.07) is 5.54. The Labute approximate surface area is 73.3 Å². The van der Waals surface area contributed by atoms with E-state index >= 15 is 0 Å². The van der Waals surface area contributed by atoms with E-state index in [9.17, 15) is 4.79 Å². The smallest absolute Gasteiger partial charge is 0.168 e. The zero-order valence-electron chi connectivity index (χ0n) is 6.18. The molecule has 2 heterocycles. The van der Waals surface area contributed by atoms with Crippen molar-refractivity contribution < 1.29 is 4.79 Å². The molecular formula is C8H6N2OS. The molecule has 0 saturated heterocycles. The molecule has 0 aliphatic rings. The van der Waals surface area contributed by atoms with E-state index in [1.54, 1.807) is 28.3 Å². The van der Waals surface area contributed by atoms with Gasteiger partial charge in [0, 0.05) is 0 Å². The van der Waals surface area contributed by atoms with Gasteiger partial charge in [-0.15, -0.1) is 11.3 Å². The standard InChI is InChI=1S/C8H6N2OS/c11-6-7-3-4-9-10(7)8-2-1-5-12-8/h1-6H. The number of carbonyl (C=O) groups is 1. The van der Waals surface area contributed by atoms with Crippen LogP contribution in [0.1, 0.15) is 10.5 Å². The van der Waals surface area contributed by atoms with Gasteiger partial charge >= 0.3 is 0 Å². The van der Waals surface area contributed by atoms with Gasteiger partial charge in [-0.3, -0.25) is 4.79 Å². The summed E-state index contributed by atoms with van der Waals surface area (Å²) in [7, 11) is 0. The lowest BCUT2D eigenvalue weighted by Crippen LogP contribution is -1.97. The van der Waals surface area contributed by atoms with Crippen LogP contribution in [0.5, 0.6) is 0 Å². The van der Waals surface area contributed by atoms with E-state index in [1.807, 2.05) is 17.5 Å². The minimum absolute atomic E-state index is 0.581. The fourth-order valence-corrected chi connectivity index (χ4v) is 1.68. The molecule has 0 atom stereocenters. The fourth-order valence-electron chi connectivity index (χ4n) is 0.977. The first-order chi connectivity index (χ1) is 5.92. The molecule has 0 spiro atoms. The summed E-state index contributed by atoms with van der Waals surface area (Å²) in [6.07, 6.45) is 2.41. The van der Waals surface area contributed by atoms with Gasteiger partial charge in [-0.1, -0.05) is 0 Å². The van der Waals surface area contributed by atoms with Crippen molar-refractivity contribution in [2.45, 2.75) is 0 Å². The Bertz CT molecular complexity index is 377. The number of hydrogen-bond donors (Lipinski definition) is 0. The van der Waals surface area contributed by atoms with Gasteiger partial charge in [-0.25, -0.2) is 4.68 Å². The van der Waals surface area contributed by atoms with Gasteiger partial charge in [0.15, 0.2) is 6.29 Å². The van der Waals surface area contributed by atoms with Gasteiger partial charge in [-0.05, 0) is 23.6 Å². The number of hydrogen-bond acceptors (Lipinski definition) is 3. The first kappa shape index (κ1) is 7.24. The van der Waals surface area contributed by atoms with Crippen molar-refractivity contribution in [2.75, 3.05) is 0 Å². The molecule has 0 radical (unpaired) electrons. The van der Waals surface area contributed by atoms with E-state index in [-0.39, 0.29) is 0 Å². The second kappa shape index (κ2) is 2.91. The lowest BCUT2D eigenvalue weighted by molar-refractivity contribution is 0.111. The molecule has 4 heteroatoms. The molecule has 0 aromatic carbocycles. The van der Waals surface area contributed by atoms with E-state index in [2.05, 4.69) is 5.10 Å². The normalized spacial score (nSPS) is 10.0. The van der Waals surface area contributed by atoms with Crippen LogP contribution in [0.2, 0.25) is 0 Å². The maximum atomic E-state index is 10.5. The van der Waals surface area contributed by atoms with Crippen molar-refractivity contribution in [2.24, 2.45) is 0 Å². The summed E-state index contributed by atoms with van der Waals surface area (Å²) in [6.45, 7) is 0. The summed E-state index contributed by atoms with van der Waals surface area (Å²) >= 11 is 1.55. The molecular weight excluding hydrogens is 172 g/mol. The van der Waals surface area contributed by atoms with E-state index in [1.165, 1.54) is 0 Å². The van der Waals surface area contributed by atoms with Crippen LogP contribution in [0.15, 0.2) is 29.8 Å². The zero-order valence-corrected chi connectivity index (χ0v) is 6.99. The molecule has 0 aliphatic carbocycles. The molecule has 0 saturated carbocycles. The summed E-state index contributed by atoms with van der Waals surface area (Å²) in [4.78, 5) is 10.5. The highest BCUT2D eigenvalue weighted by molar-refractivity contribution is 7.12. The number of carbonyl (C=O) groups excluding carboxylic acids is 1. The molecule has 2 aromatic rings. The second-order valence-electron chi connectivity index (χ2n) is 2.24. The van der Waals surface area contributed by atoms with E-state index < -0.39 is 0 Å². The van der Waals surface area contributed by atoms with Gasteiger partial charge in [0.1, 0.15) is 10.7 Å². The van der Waals surface area contributed by atoms with E-state index in [0.29, 0.717) is 5.69 Å². The topological polar surface area (TPSA) is 34.9 Å². The maximum absolute atomic E-state index is 10.5. The maximum Gasteiger partial charge on any atom is 0.168 e. The lowest BCUT2D eigenvalue weighted by atomic mass is 10.5. The van der Waals surface area contributed by atoms with Crippen LogP contribution in [0.3, 0.4) is 0 Å². The Morgan fingerprint density at radius 1 is 1.50 bits per heavy atom. The Morgan fingerprint density at radius 3 is 3.08 bits per heavy atom. The zero-order chi connectivity index (χ0) is 8.39. The molecule has 0 fully saturated rings. The average molecular weight is 178 g/mol. The molecule has 3 nitrogen and oxygen atoms in total. The second-order valence-corrected chi connectivity index (χ2v) is 3.16. The Kier molecular flexibility index (Phi) is 1.75. The van der Waals surface area contributed by atoms with Crippen LogP contribution in [-0.4, -0.2) is 16.1 Å². The first-order valence-electron chi connectivity index (χ1n) is 3.45. The summed E-state index contributed by atoms with van der Waals surface area (Å²) in [5.41, 5.74) is 0.581. The van der Waals surface area contributed by atoms with Crippen molar-refractivity contribution in [3.8, 4) is 5.00 Å². The molecule has 2 aromatic heterocycles. The van der Waals surface area contributed by atoms with Gasteiger partial charge in [0.2, 0.25) is 0 Å². The van der Waals surface area contributed by atoms with Gasteiger partial charge in [0.05, 0.1) is 6.20 Å². The van der Waals surface area contributed by atoms with Gasteiger partial charge in [-0.2, -0.15) is 5.10 Å². The SMILES string of the molecule is O=Cc1ccnn1-c1cccs1. The number of thiophene rings is 1. The summed E-state index contributed by atoms with van der Waals surface area (Å²) in [5, 5.41) is 6.94. The Morgan fingerprint density at radius 2 is 2.42 bits per heavy atom. The van der Waals surface area contributed by atoms with Crippen molar-refractivity contribution in [3.63, 3.8) is 0 Å². The lowest BCUT2D eigenvalue weighted by Gasteiger charge is -1.96. The summed E-state index contributed by atoms with van der Waals surface area (Å²) < 4.78 is 1.62.